The summed E-state index contributed by atoms with van der Waals surface area (Å²) in [6.07, 6.45) is -0.161. The Labute approximate surface area is 111 Å². The normalized spacial score (nSPS) is 9.26. The molecule has 0 saturated carbocycles. The van der Waals surface area contributed by atoms with E-state index in [1.165, 1.54) is 0 Å². The molecule has 5 nitrogen and oxygen atoms in total. The molecular weight excluding hydrogens is 242 g/mol. The second-order valence-electron chi connectivity index (χ2n) is 4.05. The molecule has 0 bridgehead atoms. The number of hydrogen-bond donors (Lipinski definition) is 2. The van der Waals surface area contributed by atoms with Gasteiger partial charge in [0.15, 0.2) is 0 Å². The molecule has 1 aromatic rings. The van der Waals surface area contributed by atoms with Crippen LogP contribution in [0.4, 0.5) is 5.69 Å². The van der Waals surface area contributed by atoms with Crippen molar-refractivity contribution in [2.75, 3.05) is 5.32 Å². The van der Waals surface area contributed by atoms with Gasteiger partial charge in [-0.2, -0.15) is 5.26 Å². The molecule has 98 valence electrons. The summed E-state index contributed by atoms with van der Waals surface area (Å²) >= 11 is 0. The third kappa shape index (κ3) is 5.04. The lowest BCUT2D eigenvalue weighted by Gasteiger charge is -2.08. The number of rotatable bonds is 5. The van der Waals surface area contributed by atoms with Crippen molar-refractivity contribution < 1.29 is 9.59 Å². The van der Waals surface area contributed by atoms with Crippen LogP contribution in [0.3, 0.4) is 0 Å². The fraction of sp³-hybridized carbons (Fsp3) is 0.214. The number of hydrogen-bond acceptors (Lipinski definition) is 3. The monoisotopic (exact) mass is 257 g/mol. The van der Waals surface area contributed by atoms with E-state index in [4.69, 9.17) is 5.26 Å². The van der Waals surface area contributed by atoms with Crippen LogP contribution in [0.25, 0.3) is 0 Å². The molecule has 19 heavy (non-hydrogen) atoms. The van der Waals surface area contributed by atoms with E-state index in [-0.39, 0.29) is 18.2 Å². The number of carbonyl (C=O) groups excluding carboxylic acids is 2. The van der Waals surface area contributed by atoms with Crippen LogP contribution in [0.5, 0.6) is 0 Å². The van der Waals surface area contributed by atoms with Gasteiger partial charge in [0.25, 0.3) is 5.91 Å². The lowest BCUT2D eigenvalue weighted by Crippen LogP contribution is -2.22. The fourth-order valence-corrected chi connectivity index (χ4v) is 1.33. The van der Waals surface area contributed by atoms with Gasteiger partial charge in [-0.15, -0.1) is 0 Å². The number of amides is 2. The number of anilines is 1. The van der Waals surface area contributed by atoms with Crippen molar-refractivity contribution in [3.8, 4) is 6.07 Å². The van der Waals surface area contributed by atoms with Gasteiger partial charge in [-0.3, -0.25) is 9.59 Å². The van der Waals surface area contributed by atoms with Crippen molar-refractivity contribution in [2.24, 2.45) is 0 Å². The van der Waals surface area contributed by atoms with Gasteiger partial charge < -0.3 is 10.6 Å². The summed E-state index contributed by atoms with van der Waals surface area (Å²) in [7, 11) is 0. The zero-order valence-corrected chi connectivity index (χ0v) is 10.7. The van der Waals surface area contributed by atoms with Crippen molar-refractivity contribution in [3.05, 3.63) is 42.0 Å². The predicted molar refractivity (Wildman–Crippen MR) is 72.0 cm³/mol. The Morgan fingerprint density at radius 1 is 1.42 bits per heavy atom. The standard InChI is InChI=1S/C14H15N3O2/c1-10(2)14(19)17-12-5-3-4-11(8-12)9-16-13(18)6-7-15/h3-5,8H,1,6,9H2,2H3,(H,16,18)(H,17,19). The molecule has 0 aliphatic heterocycles. The van der Waals surface area contributed by atoms with Crippen molar-refractivity contribution in [1.82, 2.24) is 5.32 Å². The van der Waals surface area contributed by atoms with Gasteiger partial charge in [0, 0.05) is 17.8 Å². The lowest BCUT2D eigenvalue weighted by atomic mass is 10.2. The van der Waals surface area contributed by atoms with Gasteiger partial charge in [-0.05, 0) is 24.6 Å². The molecule has 2 N–H and O–H groups in total. The minimum absolute atomic E-state index is 0.161. The highest BCUT2D eigenvalue weighted by molar-refractivity contribution is 6.02. The summed E-state index contributed by atoms with van der Waals surface area (Å²) in [4.78, 5) is 22.6. The highest BCUT2D eigenvalue weighted by Gasteiger charge is 2.04. The molecule has 0 spiro atoms. The lowest BCUT2D eigenvalue weighted by molar-refractivity contribution is -0.120. The topological polar surface area (TPSA) is 82.0 Å². The van der Waals surface area contributed by atoms with Gasteiger partial charge in [-0.25, -0.2) is 0 Å². The first kappa shape index (κ1) is 14.5. The molecule has 1 rings (SSSR count). The van der Waals surface area contributed by atoms with Crippen LogP contribution in [-0.4, -0.2) is 11.8 Å². The zero-order valence-electron chi connectivity index (χ0n) is 10.7. The fourth-order valence-electron chi connectivity index (χ4n) is 1.33. The summed E-state index contributed by atoms with van der Waals surface area (Å²) < 4.78 is 0. The average molecular weight is 257 g/mol. The van der Waals surface area contributed by atoms with Crippen molar-refractivity contribution in [3.63, 3.8) is 0 Å². The molecule has 0 aromatic heterocycles. The SMILES string of the molecule is C=C(C)C(=O)Nc1cccc(CNC(=O)CC#N)c1. The van der Waals surface area contributed by atoms with Crippen LogP contribution in [0.2, 0.25) is 0 Å². The molecule has 0 atom stereocenters. The number of nitrogens with one attached hydrogen (secondary N) is 2. The summed E-state index contributed by atoms with van der Waals surface area (Å²) in [5.41, 5.74) is 1.90. The molecule has 5 heteroatoms. The van der Waals surface area contributed by atoms with Crippen LogP contribution >= 0.6 is 0 Å². The third-order valence-electron chi connectivity index (χ3n) is 2.30. The number of carbonyl (C=O) groups is 2. The van der Waals surface area contributed by atoms with E-state index >= 15 is 0 Å². The Morgan fingerprint density at radius 3 is 2.79 bits per heavy atom. The van der Waals surface area contributed by atoms with Crippen LogP contribution < -0.4 is 10.6 Å². The molecule has 0 radical (unpaired) electrons. The van der Waals surface area contributed by atoms with Gasteiger partial charge in [0.1, 0.15) is 6.42 Å². The molecule has 0 aliphatic carbocycles. The maximum absolute atomic E-state index is 11.5. The Balaban J connectivity index is 2.62. The Hall–Kier alpha value is -2.61. The number of nitrogens with zero attached hydrogens (tertiary/aromatic N) is 1. The summed E-state index contributed by atoms with van der Waals surface area (Å²) in [6.45, 7) is 5.50. The van der Waals surface area contributed by atoms with Crippen molar-refractivity contribution in [2.45, 2.75) is 19.9 Å². The molecule has 2 amide bonds. The number of nitriles is 1. The van der Waals surface area contributed by atoms with Gasteiger partial charge in [0.2, 0.25) is 5.91 Å². The van der Waals surface area contributed by atoms with E-state index in [0.29, 0.717) is 17.8 Å². The van der Waals surface area contributed by atoms with Crippen molar-refractivity contribution in [1.29, 1.82) is 5.26 Å². The smallest absolute Gasteiger partial charge is 0.250 e. The highest BCUT2D eigenvalue weighted by Crippen LogP contribution is 2.11. The first-order valence-electron chi connectivity index (χ1n) is 5.72. The Kier molecular flexibility index (Phi) is 5.30. The third-order valence-corrected chi connectivity index (χ3v) is 2.30. The molecule has 0 unspecified atom stereocenters. The van der Waals surface area contributed by atoms with Crippen molar-refractivity contribution >= 4 is 17.5 Å². The van der Waals surface area contributed by atoms with E-state index in [2.05, 4.69) is 17.2 Å². The highest BCUT2D eigenvalue weighted by atomic mass is 16.2. The molecule has 0 heterocycles. The first-order chi connectivity index (χ1) is 9.02. The number of benzene rings is 1. The maximum atomic E-state index is 11.5. The van der Waals surface area contributed by atoms with E-state index in [0.717, 1.165) is 5.56 Å². The zero-order chi connectivity index (χ0) is 14.3. The second kappa shape index (κ2) is 6.97. The molecule has 0 fully saturated rings. The second-order valence-corrected chi connectivity index (χ2v) is 4.05. The summed E-state index contributed by atoms with van der Waals surface area (Å²) in [5, 5.41) is 13.7. The molecule has 0 saturated heterocycles. The van der Waals surface area contributed by atoms with Gasteiger partial charge in [0.05, 0.1) is 6.07 Å². The van der Waals surface area contributed by atoms with Crippen LogP contribution in [0.1, 0.15) is 18.9 Å². The molecule has 0 aliphatic rings. The van der Waals surface area contributed by atoms with E-state index in [1.54, 1.807) is 31.2 Å². The largest absolute Gasteiger partial charge is 0.351 e. The molecule has 1 aromatic carbocycles. The predicted octanol–water partition coefficient (Wildman–Crippen LogP) is 1.73. The summed E-state index contributed by atoms with van der Waals surface area (Å²) in [5.74, 6) is -0.565. The van der Waals surface area contributed by atoms with E-state index < -0.39 is 0 Å². The van der Waals surface area contributed by atoms with Gasteiger partial charge in [-0.1, -0.05) is 18.7 Å². The van der Waals surface area contributed by atoms with E-state index in [9.17, 15) is 9.59 Å². The summed E-state index contributed by atoms with van der Waals surface area (Å²) in [6, 6.07) is 8.88. The molecular formula is C14H15N3O2. The van der Waals surface area contributed by atoms with Gasteiger partial charge >= 0.3 is 0 Å². The van der Waals surface area contributed by atoms with Crippen LogP contribution in [0, 0.1) is 11.3 Å². The Morgan fingerprint density at radius 2 is 2.16 bits per heavy atom. The average Bonchev–Trinajstić information content (AvgIpc) is 2.37. The van der Waals surface area contributed by atoms with E-state index in [1.807, 2.05) is 6.07 Å². The van der Waals surface area contributed by atoms with Crippen LogP contribution in [-0.2, 0) is 16.1 Å². The minimum Gasteiger partial charge on any atom is -0.351 e. The minimum atomic E-state index is -0.320. The first-order valence-corrected chi connectivity index (χ1v) is 5.72. The Bertz CT molecular complexity index is 544. The quantitative estimate of drug-likeness (QED) is 0.788. The van der Waals surface area contributed by atoms with Crippen LogP contribution in [0.15, 0.2) is 36.4 Å². The maximum Gasteiger partial charge on any atom is 0.250 e.